The molecule has 0 amide bonds. The monoisotopic (exact) mass is 386 g/mol. The molecular formula is C28H50. The number of fused-ring (bicyclic) bond motifs is 5. The van der Waals surface area contributed by atoms with Crippen LogP contribution in [-0.4, -0.2) is 0 Å². The van der Waals surface area contributed by atoms with Crippen LogP contribution in [0, 0.1) is 58.2 Å². The second-order valence-corrected chi connectivity index (χ2v) is 12.9. The summed E-state index contributed by atoms with van der Waals surface area (Å²) in [5.74, 6) is 7.96. The Morgan fingerprint density at radius 3 is 2.21 bits per heavy atom. The SMILES string of the molecule is CC(C)[C@@H](C)CC[C@H](C)[C@H]1CC[C@H]2[C@@H]3CC[C@H]4CCCC[C@]4(C)[C@H]3CC[C@]12C. The third kappa shape index (κ3) is 3.41. The van der Waals surface area contributed by atoms with E-state index in [2.05, 4.69) is 41.5 Å². The Morgan fingerprint density at radius 2 is 1.46 bits per heavy atom. The van der Waals surface area contributed by atoms with Crippen LogP contribution in [0.2, 0.25) is 0 Å². The zero-order chi connectivity index (χ0) is 20.1. The molecule has 4 fully saturated rings. The largest absolute Gasteiger partial charge is 0.0625 e. The Kier molecular flexibility index (Phi) is 6.01. The second-order valence-electron chi connectivity index (χ2n) is 12.9. The summed E-state index contributed by atoms with van der Waals surface area (Å²) in [5, 5.41) is 0. The molecule has 0 N–H and O–H groups in total. The van der Waals surface area contributed by atoms with Crippen molar-refractivity contribution in [3.63, 3.8) is 0 Å². The quantitative estimate of drug-likeness (QED) is 0.443. The van der Waals surface area contributed by atoms with Crippen LogP contribution >= 0.6 is 0 Å². The minimum atomic E-state index is 0.666. The van der Waals surface area contributed by atoms with Crippen LogP contribution in [0.3, 0.4) is 0 Å². The van der Waals surface area contributed by atoms with E-state index in [1.54, 1.807) is 51.4 Å². The first-order valence-corrected chi connectivity index (χ1v) is 13.3. The lowest BCUT2D eigenvalue weighted by Gasteiger charge is -2.61. The lowest BCUT2D eigenvalue weighted by molar-refractivity contribution is -0.114. The van der Waals surface area contributed by atoms with Gasteiger partial charge in [-0.2, -0.15) is 0 Å². The molecule has 0 unspecified atom stereocenters. The van der Waals surface area contributed by atoms with Gasteiger partial charge in [0.2, 0.25) is 0 Å². The van der Waals surface area contributed by atoms with Gasteiger partial charge in [0, 0.05) is 0 Å². The molecule has 0 aromatic carbocycles. The summed E-state index contributed by atoms with van der Waals surface area (Å²) in [7, 11) is 0. The molecule has 28 heavy (non-hydrogen) atoms. The van der Waals surface area contributed by atoms with Crippen LogP contribution in [-0.2, 0) is 0 Å². The fourth-order valence-electron chi connectivity index (χ4n) is 9.33. The minimum absolute atomic E-state index is 0.666. The van der Waals surface area contributed by atoms with Gasteiger partial charge >= 0.3 is 0 Å². The summed E-state index contributed by atoms with van der Waals surface area (Å²) < 4.78 is 0. The van der Waals surface area contributed by atoms with Crippen molar-refractivity contribution in [2.45, 2.75) is 119 Å². The van der Waals surface area contributed by atoms with E-state index in [1.165, 1.54) is 25.7 Å². The molecule has 4 saturated carbocycles. The molecule has 0 radical (unpaired) electrons. The molecule has 162 valence electrons. The van der Waals surface area contributed by atoms with Gasteiger partial charge in [-0.05, 0) is 110 Å². The van der Waals surface area contributed by atoms with Gasteiger partial charge in [0.15, 0.2) is 0 Å². The summed E-state index contributed by atoms with van der Waals surface area (Å²) in [6.45, 7) is 15.4. The molecule has 4 aliphatic rings. The molecule has 0 heterocycles. The van der Waals surface area contributed by atoms with Crippen LogP contribution < -0.4 is 0 Å². The molecule has 0 aliphatic heterocycles. The van der Waals surface area contributed by atoms with Crippen LogP contribution in [0.25, 0.3) is 0 Å². The van der Waals surface area contributed by atoms with E-state index in [0.717, 1.165) is 47.3 Å². The van der Waals surface area contributed by atoms with E-state index in [1.807, 2.05) is 0 Å². The van der Waals surface area contributed by atoms with E-state index >= 15 is 0 Å². The van der Waals surface area contributed by atoms with E-state index in [9.17, 15) is 0 Å². The first-order chi connectivity index (χ1) is 13.3. The van der Waals surface area contributed by atoms with E-state index in [-0.39, 0.29) is 0 Å². The van der Waals surface area contributed by atoms with Crippen molar-refractivity contribution < 1.29 is 0 Å². The highest BCUT2D eigenvalue weighted by atomic mass is 14.6. The highest BCUT2D eigenvalue weighted by molar-refractivity contribution is 5.09. The lowest BCUT2D eigenvalue weighted by atomic mass is 9.44. The zero-order valence-electron chi connectivity index (χ0n) is 20.1. The number of hydrogen-bond acceptors (Lipinski definition) is 0. The Bertz CT molecular complexity index is 534. The third-order valence-electron chi connectivity index (χ3n) is 11.6. The molecule has 0 aromatic rings. The number of rotatable bonds is 5. The average molecular weight is 387 g/mol. The van der Waals surface area contributed by atoms with Gasteiger partial charge in [-0.1, -0.05) is 67.2 Å². The smallest absolute Gasteiger partial charge is 0.0264 e. The van der Waals surface area contributed by atoms with Crippen LogP contribution in [0.15, 0.2) is 0 Å². The average Bonchev–Trinajstić information content (AvgIpc) is 3.02. The van der Waals surface area contributed by atoms with Gasteiger partial charge in [-0.3, -0.25) is 0 Å². The molecule has 0 bridgehead atoms. The first kappa shape index (κ1) is 21.2. The van der Waals surface area contributed by atoms with Crippen LogP contribution in [0.1, 0.15) is 119 Å². The standard InChI is InChI=1S/C28H50/c1-19(2)20(3)10-11-21(4)24-14-15-25-23-13-12-22-9-7-8-17-27(22,5)26(23)16-18-28(24,25)6/h19-26H,7-18H2,1-6H3/t20-,21-,22+,23-,24+,25-,26-,27-,28+/m0/s1. The van der Waals surface area contributed by atoms with Gasteiger partial charge in [0.25, 0.3) is 0 Å². The second kappa shape index (κ2) is 7.92. The Balaban J connectivity index is 1.46. The fourth-order valence-corrected chi connectivity index (χ4v) is 9.33. The summed E-state index contributed by atoms with van der Waals surface area (Å²) in [5.41, 5.74) is 1.37. The predicted octanol–water partition coefficient (Wildman–Crippen LogP) is 8.74. The van der Waals surface area contributed by atoms with Crippen molar-refractivity contribution in [3.8, 4) is 0 Å². The van der Waals surface area contributed by atoms with Crippen molar-refractivity contribution in [3.05, 3.63) is 0 Å². The van der Waals surface area contributed by atoms with E-state index in [4.69, 9.17) is 0 Å². The molecular weight excluding hydrogens is 336 g/mol. The van der Waals surface area contributed by atoms with Gasteiger partial charge in [0.1, 0.15) is 0 Å². The van der Waals surface area contributed by atoms with Crippen molar-refractivity contribution in [1.82, 2.24) is 0 Å². The molecule has 0 nitrogen and oxygen atoms in total. The molecule has 0 saturated heterocycles. The maximum atomic E-state index is 2.75. The molecule has 4 rings (SSSR count). The third-order valence-corrected chi connectivity index (χ3v) is 11.6. The zero-order valence-corrected chi connectivity index (χ0v) is 20.1. The summed E-state index contributed by atoms with van der Waals surface area (Å²) in [4.78, 5) is 0. The van der Waals surface area contributed by atoms with Crippen molar-refractivity contribution in [2.24, 2.45) is 58.2 Å². The maximum Gasteiger partial charge on any atom is -0.0264 e. The molecule has 9 atom stereocenters. The van der Waals surface area contributed by atoms with Gasteiger partial charge in [-0.15, -0.1) is 0 Å². The normalized spacial score (nSPS) is 47.9. The predicted molar refractivity (Wildman–Crippen MR) is 122 cm³/mol. The molecule has 0 aromatic heterocycles. The van der Waals surface area contributed by atoms with Crippen LogP contribution in [0.5, 0.6) is 0 Å². The number of hydrogen-bond donors (Lipinski definition) is 0. The first-order valence-electron chi connectivity index (χ1n) is 13.3. The Morgan fingerprint density at radius 1 is 0.714 bits per heavy atom. The van der Waals surface area contributed by atoms with Crippen LogP contribution in [0.4, 0.5) is 0 Å². The Hall–Kier alpha value is 0. The summed E-state index contributed by atoms with van der Waals surface area (Å²) in [6, 6.07) is 0. The minimum Gasteiger partial charge on any atom is -0.0625 e. The summed E-state index contributed by atoms with van der Waals surface area (Å²) in [6.07, 6.45) is 18.4. The van der Waals surface area contributed by atoms with Crippen molar-refractivity contribution in [1.29, 1.82) is 0 Å². The van der Waals surface area contributed by atoms with Crippen molar-refractivity contribution in [2.75, 3.05) is 0 Å². The molecule has 0 heteroatoms. The van der Waals surface area contributed by atoms with Gasteiger partial charge in [-0.25, -0.2) is 0 Å². The maximum absolute atomic E-state index is 2.75. The summed E-state index contributed by atoms with van der Waals surface area (Å²) >= 11 is 0. The highest BCUT2D eigenvalue weighted by Crippen LogP contribution is 2.68. The lowest BCUT2D eigenvalue weighted by Crippen LogP contribution is -2.53. The highest BCUT2D eigenvalue weighted by Gasteiger charge is 2.60. The van der Waals surface area contributed by atoms with Gasteiger partial charge < -0.3 is 0 Å². The van der Waals surface area contributed by atoms with Gasteiger partial charge in [0.05, 0.1) is 0 Å². The molecule has 4 aliphatic carbocycles. The van der Waals surface area contributed by atoms with E-state index < -0.39 is 0 Å². The Labute approximate surface area is 177 Å². The fraction of sp³-hybridized carbons (Fsp3) is 1.00. The van der Waals surface area contributed by atoms with E-state index in [0.29, 0.717) is 10.8 Å². The molecule has 0 spiro atoms. The topological polar surface area (TPSA) is 0 Å². The van der Waals surface area contributed by atoms with Crippen molar-refractivity contribution >= 4 is 0 Å².